The summed E-state index contributed by atoms with van der Waals surface area (Å²) in [5.74, 6) is 0.741. The van der Waals surface area contributed by atoms with Crippen LogP contribution in [0.3, 0.4) is 0 Å². The zero-order chi connectivity index (χ0) is 27.2. The maximum absolute atomic E-state index is 12.8. The number of methoxy groups -OCH3 is 1. The molecule has 0 saturated carbocycles. The van der Waals surface area contributed by atoms with Gasteiger partial charge in [0, 0.05) is 48.1 Å². The lowest BCUT2D eigenvalue weighted by Gasteiger charge is -2.36. The summed E-state index contributed by atoms with van der Waals surface area (Å²) in [6, 6.07) is 22.0. The van der Waals surface area contributed by atoms with Crippen molar-refractivity contribution in [2.75, 3.05) is 49.3 Å². The maximum Gasteiger partial charge on any atom is 0.253 e. The number of aromatic nitrogens is 4. The van der Waals surface area contributed by atoms with Crippen molar-refractivity contribution in [3.05, 3.63) is 83.4 Å². The molecule has 0 unspecified atom stereocenters. The molecular formula is C27H26ClN7O3S. The number of carbonyl (C=O) groups is 2. The summed E-state index contributed by atoms with van der Waals surface area (Å²) >= 11 is 7.20. The van der Waals surface area contributed by atoms with Gasteiger partial charge in [-0.05, 0) is 83.2 Å². The lowest BCUT2D eigenvalue weighted by molar-refractivity contribution is -0.113. The number of tetrazole rings is 1. The van der Waals surface area contributed by atoms with E-state index in [4.69, 9.17) is 16.3 Å². The molecule has 2 heterocycles. The highest BCUT2D eigenvalue weighted by atomic mass is 35.5. The van der Waals surface area contributed by atoms with Crippen LogP contribution >= 0.6 is 23.4 Å². The largest absolute Gasteiger partial charge is 0.497 e. The number of nitrogens with one attached hydrogen (secondary N) is 1. The van der Waals surface area contributed by atoms with Gasteiger partial charge in [-0.3, -0.25) is 9.59 Å². The molecule has 5 rings (SSSR count). The molecule has 1 saturated heterocycles. The number of anilines is 2. The molecule has 4 aromatic rings. The summed E-state index contributed by atoms with van der Waals surface area (Å²) < 4.78 is 6.73. The van der Waals surface area contributed by atoms with Crippen molar-refractivity contribution < 1.29 is 14.3 Å². The van der Waals surface area contributed by atoms with Crippen LogP contribution in [-0.2, 0) is 4.79 Å². The van der Waals surface area contributed by atoms with Crippen LogP contribution < -0.4 is 15.0 Å². The predicted octanol–water partition coefficient (Wildman–Crippen LogP) is 4.02. The first-order chi connectivity index (χ1) is 19.0. The predicted molar refractivity (Wildman–Crippen MR) is 151 cm³/mol. The van der Waals surface area contributed by atoms with E-state index in [-0.39, 0.29) is 17.6 Å². The van der Waals surface area contributed by atoms with Crippen molar-refractivity contribution in [3.63, 3.8) is 0 Å². The number of hydrogen-bond donors (Lipinski definition) is 1. The molecule has 1 aromatic heterocycles. The van der Waals surface area contributed by atoms with E-state index in [2.05, 4.69) is 25.7 Å². The van der Waals surface area contributed by atoms with Gasteiger partial charge in [0.25, 0.3) is 5.91 Å². The molecule has 1 fully saturated rings. The van der Waals surface area contributed by atoms with Gasteiger partial charge in [-0.2, -0.15) is 4.68 Å². The molecule has 0 spiro atoms. The first-order valence-corrected chi connectivity index (χ1v) is 13.6. The molecule has 1 N–H and O–H groups in total. The molecule has 1 aliphatic rings. The average molecular weight is 564 g/mol. The van der Waals surface area contributed by atoms with Gasteiger partial charge >= 0.3 is 0 Å². The fourth-order valence-corrected chi connectivity index (χ4v) is 5.00. The number of thioether (sulfide) groups is 1. The lowest BCUT2D eigenvalue weighted by atomic mass is 10.1. The molecule has 0 atom stereocenters. The highest BCUT2D eigenvalue weighted by molar-refractivity contribution is 7.99. The number of rotatable bonds is 8. The van der Waals surface area contributed by atoms with E-state index in [0.717, 1.165) is 30.2 Å². The van der Waals surface area contributed by atoms with E-state index < -0.39 is 0 Å². The van der Waals surface area contributed by atoms with Crippen LogP contribution in [0.1, 0.15) is 10.4 Å². The van der Waals surface area contributed by atoms with Gasteiger partial charge in [0.05, 0.1) is 18.6 Å². The Kier molecular flexibility index (Phi) is 8.28. The number of halogens is 1. The summed E-state index contributed by atoms with van der Waals surface area (Å²) in [7, 11) is 1.60. The first kappa shape index (κ1) is 26.5. The van der Waals surface area contributed by atoms with Crippen LogP contribution in [-0.4, -0.2) is 76.0 Å². The van der Waals surface area contributed by atoms with Crippen molar-refractivity contribution in [3.8, 4) is 11.4 Å². The van der Waals surface area contributed by atoms with Crippen LogP contribution in [0.2, 0.25) is 5.02 Å². The number of amides is 2. The first-order valence-electron chi connectivity index (χ1n) is 12.3. The summed E-state index contributed by atoms with van der Waals surface area (Å²) in [4.78, 5) is 29.5. The standard InChI is InChI=1S/C27H26ClN7O3S/c1-38-24-12-2-19(3-13-24)26(37)34-16-14-33(15-17-34)22-10-6-21(7-11-22)29-25(36)18-39-27-30-31-32-35(27)23-8-4-20(28)5-9-23/h2-13H,14-18H2,1H3,(H,29,36). The zero-order valence-corrected chi connectivity index (χ0v) is 22.7. The lowest BCUT2D eigenvalue weighted by Crippen LogP contribution is -2.48. The van der Waals surface area contributed by atoms with Crippen molar-refractivity contribution in [2.24, 2.45) is 0 Å². The van der Waals surface area contributed by atoms with E-state index in [1.54, 1.807) is 48.2 Å². The Morgan fingerprint density at radius 3 is 2.26 bits per heavy atom. The molecule has 0 bridgehead atoms. The molecule has 3 aromatic carbocycles. The number of benzene rings is 3. The second kappa shape index (κ2) is 12.2. The molecule has 10 nitrogen and oxygen atoms in total. The Bertz CT molecular complexity index is 1420. The summed E-state index contributed by atoms with van der Waals surface area (Å²) in [6.07, 6.45) is 0. The molecule has 0 radical (unpaired) electrons. The Morgan fingerprint density at radius 1 is 0.923 bits per heavy atom. The van der Waals surface area contributed by atoms with Gasteiger partial charge in [-0.15, -0.1) is 5.10 Å². The van der Waals surface area contributed by atoms with Crippen LogP contribution in [0.5, 0.6) is 5.75 Å². The van der Waals surface area contributed by atoms with E-state index >= 15 is 0 Å². The van der Waals surface area contributed by atoms with Crippen LogP contribution in [0.4, 0.5) is 11.4 Å². The molecular weight excluding hydrogens is 538 g/mol. The normalized spacial score (nSPS) is 13.3. The molecule has 0 aliphatic carbocycles. The fourth-order valence-electron chi connectivity index (χ4n) is 4.18. The van der Waals surface area contributed by atoms with Gasteiger partial charge in [-0.1, -0.05) is 23.4 Å². The molecule has 12 heteroatoms. The van der Waals surface area contributed by atoms with Crippen LogP contribution in [0, 0.1) is 0 Å². The Hall–Kier alpha value is -4.09. The second-order valence-electron chi connectivity index (χ2n) is 8.74. The SMILES string of the molecule is COc1ccc(C(=O)N2CCN(c3ccc(NC(=O)CSc4nnnn4-c4ccc(Cl)cc4)cc3)CC2)cc1. The minimum atomic E-state index is -0.163. The number of carbonyl (C=O) groups excluding carboxylic acids is 2. The fraction of sp³-hybridized carbons (Fsp3) is 0.222. The quantitative estimate of drug-likeness (QED) is 0.321. The molecule has 1 aliphatic heterocycles. The van der Waals surface area contributed by atoms with Gasteiger partial charge < -0.3 is 19.9 Å². The third-order valence-corrected chi connectivity index (χ3v) is 7.44. The smallest absolute Gasteiger partial charge is 0.253 e. The van der Waals surface area contributed by atoms with Crippen molar-refractivity contribution in [1.29, 1.82) is 0 Å². The van der Waals surface area contributed by atoms with Crippen LogP contribution in [0.15, 0.2) is 78.0 Å². The van der Waals surface area contributed by atoms with E-state index in [0.29, 0.717) is 34.5 Å². The second-order valence-corrected chi connectivity index (χ2v) is 10.1. The molecule has 39 heavy (non-hydrogen) atoms. The molecule has 2 amide bonds. The van der Waals surface area contributed by atoms with Crippen molar-refractivity contribution in [2.45, 2.75) is 5.16 Å². The summed E-state index contributed by atoms with van der Waals surface area (Å²) in [6.45, 7) is 2.73. The van der Waals surface area contributed by atoms with Gasteiger partial charge in [0.1, 0.15) is 5.75 Å². The van der Waals surface area contributed by atoms with Gasteiger partial charge in [-0.25, -0.2) is 0 Å². The number of ether oxygens (including phenoxy) is 1. The monoisotopic (exact) mass is 563 g/mol. The summed E-state index contributed by atoms with van der Waals surface area (Å²) in [5, 5.41) is 15.8. The van der Waals surface area contributed by atoms with E-state index in [1.165, 1.54) is 11.8 Å². The van der Waals surface area contributed by atoms with E-state index in [9.17, 15) is 9.59 Å². The minimum absolute atomic E-state index is 0.0235. The zero-order valence-electron chi connectivity index (χ0n) is 21.2. The van der Waals surface area contributed by atoms with E-state index in [1.807, 2.05) is 41.3 Å². The Labute approximate surface area is 234 Å². The summed E-state index contributed by atoms with van der Waals surface area (Å²) in [5.41, 5.74) is 3.16. The highest BCUT2D eigenvalue weighted by Gasteiger charge is 2.22. The molecule has 200 valence electrons. The number of nitrogens with zero attached hydrogens (tertiary/aromatic N) is 6. The minimum Gasteiger partial charge on any atom is -0.497 e. The Morgan fingerprint density at radius 2 is 1.59 bits per heavy atom. The number of piperazine rings is 1. The third-order valence-electron chi connectivity index (χ3n) is 6.26. The third kappa shape index (κ3) is 6.50. The van der Waals surface area contributed by atoms with Gasteiger partial charge in [0.15, 0.2) is 0 Å². The average Bonchev–Trinajstić information content (AvgIpc) is 3.45. The van der Waals surface area contributed by atoms with Crippen LogP contribution in [0.25, 0.3) is 5.69 Å². The van der Waals surface area contributed by atoms with Gasteiger partial charge in [0.2, 0.25) is 11.1 Å². The van der Waals surface area contributed by atoms with Crippen molar-refractivity contribution in [1.82, 2.24) is 25.1 Å². The highest BCUT2D eigenvalue weighted by Crippen LogP contribution is 2.23. The number of hydrogen-bond acceptors (Lipinski definition) is 8. The van der Waals surface area contributed by atoms with Crippen molar-refractivity contribution >= 4 is 46.6 Å². The Balaban J connectivity index is 1.10. The maximum atomic E-state index is 12.8. The topological polar surface area (TPSA) is 105 Å².